The molecule has 8 heteroatoms. The lowest BCUT2D eigenvalue weighted by atomic mass is 9.96. The first kappa shape index (κ1) is 20.0. The molecule has 2 aliphatic heterocycles. The Balaban J connectivity index is 1.27. The molecule has 0 bridgehead atoms. The van der Waals surface area contributed by atoms with Crippen LogP contribution in [0.5, 0.6) is 5.75 Å². The molecule has 3 amide bonds. The van der Waals surface area contributed by atoms with E-state index in [2.05, 4.69) is 16.0 Å². The highest BCUT2D eigenvalue weighted by molar-refractivity contribution is 5.88. The number of ether oxygens (including phenoxy) is 3. The summed E-state index contributed by atoms with van der Waals surface area (Å²) in [6.45, 7) is 2.29. The van der Waals surface area contributed by atoms with Crippen molar-refractivity contribution in [2.45, 2.75) is 69.4 Å². The van der Waals surface area contributed by atoms with E-state index in [-0.39, 0.29) is 42.3 Å². The predicted molar refractivity (Wildman–Crippen MR) is 107 cm³/mol. The molecular weight excluding hydrogens is 374 g/mol. The SMILES string of the molecule is CC(=O)Nc1ccc(O[C@H]2CO[C@H]3[C@@H]2OC[C@@H]3NC(=O)NC2CCCCC2)cc1. The van der Waals surface area contributed by atoms with E-state index in [9.17, 15) is 9.59 Å². The Bertz CT molecular complexity index is 720. The standard InChI is InChI=1S/C21H29N3O5/c1-13(25)22-15-7-9-16(10-8-15)29-18-12-28-19-17(11-27-20(18)19)24-21(26)23-14-5-3-2-4-6-14/h7-10,14,17-20H,2-6,11-12H2,1H3,(H,22,25)(H2,23,24,26)/t17-,18-,19+,20+/m0/s1. The number of amides is 3. The third-order valence-electron chi connectivity index (χ3n) is 5.73. The Kier molecular flexibility index (Phi) is 6.20. The summed E-state index contributed by atoms with van der Waals surface area (Å²) in [6, 6.07) is 7.13. The van der Waals surface area contributed by atoms with Crippen molar-refractivity contribution in [2.75, 3.05) is 18.5 Å². The number of hydrogen-bond acceptors (Lipinski definition) is 5. The molecule has 29 heavy (non-hydrogen) atoms. The zero-order valence-electron chi connectivity index (χ0n) is 16.7. The minimum absolute atomic E-state index is 0.115. The van der Waals surface area contributed by atoms with Crippen LogP contribution in [-0.4, -0.2) is 55.5 Å². The fraction of sp³-hybridized carbons (Fsp3) is 0.619. The van der Waals surface area contributed by atoms with Crippen molar-refractivity contribution in [1.29, 1.82) is 0 Å². The molecule has 1 aromatic carbocycles. The lowest BCUT2D eigenvalue weighted by Gasteiger charge is -2.24. The minimum atomic E-state index is -0.236. The highest BCUT2D eigenvalue weighted by Crippen LogP contribution is 2.30. The topological polar surface area (TPSA) is 97.9 Å². The summed E-state index contributed by atoms with van der Waals surface area (Å²) in [5.41, 5.74) is 0.718. The maximum absolute atomic E-state index is 12.3. The van der Waals surface area contributed by atoms with Crippen molar-refractivity contribution in [3.63, 3.8) is 0 Å². The quantitative estimate of drug-likeness (QED) is 0.700. The summed E-state index contributed by atoms with van der Waals surface area (Å²) >= 11 is 0. The van der Waals surface area contributed by atoms with Crippen LogP contribution in [-0.2, 0) is 14.3 Å². The molecule has 1 saturated carbocycles. The van der Waals surface area contributed by atoms with Crippen LogP contribution in [0.25, 0.3) is 0 Å². The fourth-order valence-corrected chi connectivity index (χ4v) is 4.33. The number of benzene rings is 1. The first-order chi connectivity index (χ1) is 14.1. The maximum atomic E-state index is 12.3. The van der Waals surface area contributed by atoms with E-state index in [0.29, 0.717) is 19.0 Å². The number of nitrogens with one attached hydrogen (secondary N) is 3. The van der Waals surface area contributed by atoms with Crippen LogP contribution in [0.1, 0.15) is 39.0 Å². The highest BCUT2D eigenvalue weighted by atomic mass is 16.6. The summed E-state index contributed by atoms with van der Waals surface area (Å²) in [4.78, 5) is 23.5. The second-order valence-corrected chi connectivity index (χ2v) is 8.02. The van der Waals surface area contributed by atoms with Gasteiger partial charge in [0.15, 0.2) is 6.10 Å². The number of hydrogen-bond donors (Lipinski definition) is 3. The molecule has 1 aliphatic carbocycles. The minimum Gasteiger partial charge on any atom is -0.485 e. The summed E-state index contributed by atoms with van der Waals surface area (Å²) in [5.74, 6) is 0.569. The van der Waals surface area contributed by atoms with Gasteiger partial charge in [0.05, 0.1) is 19.3 Å². The van der Waals surface area contributed by atoms with Crippen LogP contribution in [0.4, 0.5) is 10.5 Å². The van der Waals surface area contributed by atoms with Crippen molar-refractivity contribution in [3.05, 3.63) is 24.3 Å². The summed E-state index contributed by atoms with van der Waals surface area (Å²) in [7, 11) is 0. The van der Waals surface area contributed by atoms with Gasteiger partial charge in [0.1, 0.15) is 18.0 Å². The van der Waals surface area contributed by atoms with Crippen LogP contribution in [0.2, 0.25) is 0 Å². The molecule has 0 aromatic heterocycles. The van der Waals surface area contributed by atoms with E-state index in [1.165, 1.54) is 26.2 Å². The molecule has 3 fully saturated rings. The Morgan fingerprint density at radius 3 is 2.41 bits per heavy atom. The van der Waals surface area contributed by atoms with E-state index >= 15 is 0 Å². The van der Waals surface area contributed by atoms with E-state index < -0.39 is 0 Å². The first-order valence-corrected chi connectivity index (χ1v) is 10.4. The average Bonchev–Trinajstić information content (AvgIpc) is 3.27. The van der Waals surface area contributed by atoms with Gasteiger partial charge in [-0.2, -0.15) is 0 Å². The molecule has 3 N–H and O–H groups in total. The molecule has 8 nitrogen and oxygen atoms in total. The van der Waals surface area contributed by atoms with E-state index in [1.54, 1.807) is 24.3 Å². The number of urea groups is 1. The molecule has 0 radical (unpaired) electrons. The van der Waals surface area contributed by atoms with Crippen LogP contribution in [0.3, 0.4) is 0 Å². The van der Waals surface area contributed by atoms with Crippen LogP contribution < -0.4 is 20.7 Å². The Morgan fingerprint density at radius 2 is 1.69 bits per heavy atom. The second-order valence-electron chi connectivity index (χ2n) is 8.02. The first-order valence-electron chi connectivity index (χ1n) is 10.4. The van der Waals surface area contributed by atoms with E-state index in [4.69, 9.17) is 14.2 Å². The summed E-state index contributed by atoms with van der Waals surface area (Å²) in [5, 5.41) is 8.81. The molecule has 0 unspecified atom stereocenters. The van der Waals surface area contributed by atoms with Gasteiger partial charge < -0.3 is 30.2 Å². The molecule has 3 aliphatic rings. The van der Waals surface area contributed by atoms with Gasteiger partial charge >= 0.3 is 6.03 Å². The van der Waals surface area contributed by atoms with Gasteiger partial charge in [-0.05, 0) is 37.1 Å². The molecule has 1 aromatic rings. The largest absolute Gasteiger partial charge is 0.485 e. The fourth-order valence-electron chi connectivity index (χ4n) is 4.33. The highest BCUT2D eigenvalue weighted by Gasteiger charge is 2.49. The molecule has 158 valence electrons. The lowest BCUT2D eigenvalue weighted by Crippen LogP contribution is -2.51. The van der Waals surface area contributed by atoms with Gasteiger partial charge in [-0.25, -0.2) is 4.79 Å². The van der Waals surface area contributed by atoms with Crippen LogP contribution >= 0.6 is 0 Å². The molecule has 0 spiro atoms. The van der Waals surface area contributed by atoms with Gasteiger partial charge in [-0.3, -0.25) is 4.79 Å². The molecular formula is C21H29N3O5. The number of anilines is 1. The zero-order valence-corrected chi connectivity index (χ0v) is 16.7. The van der Waals surface area contributed by atoms with Gasteiger partial charge in [-0.15, -0.1) is 0 Å². The Morgan fingerprint density at radius 1 is 0.966 bits per heavy atom. The maximum Gasteiger partial charge on any atom is 0.315 e. The zero-order chi connectivity index (χ0) is 20.2. The average molecular weight is 403 g/mol. The molecule has 4 rings (SSSR count). The summed E-state index contributed by atoms with van der Waals surface area (Å²) < 4.78 is 17.8. The number of carbonyl (C=O) groups is 2. The van der Waals surface area contributed by atoms with Crippen molar-refractivity contribution >= 4 is 17.6 Å². The van der Waals surface area contributed by atoms with Crippen molar-refractivity contribution in [1.82, 2.24) is 10.6 Å². The van der Waals surface area contributed by atoms with E-state index in [0.717, 1.165) is 18.5 Å². The molecule has 2 heterocycles. The van der Waals surface area contributed by atoms with Crippen molar-refractivity contribution < 1.29 is 23.8 Å². The summed E-state index contributed by atoms with van der Waals surface area (Å²) in [6.07, 6.45) is 5.04. The smallest absolute Gasteiger partial charge is 0.315 e. The number of fused-ring (bicyclic) bond motifs is 1. The monoisotopic (exact) mass is 403 g/mol. The Hall–Kier alpha value is -2.32. The van der Waals surface area contributed by atoms with Gasteiger partial charge in [0.25, 0.3) is 0 Å². The van der Waals surface area contributed by atoms with Gasteiger partial charge in [0.2, 0.25) is 5.91 Å². The van der Waals surface area contributed by atoms with Crippen molar-refractivity contribution in [3.8, 4) is 5.75 Å². The van der Waals surface area contributed by atoms with Crippen molar-refractivity contribution in [2.24, 2.45) is 0 Å². The second kappa shape index (κ2) is 9.00. The predicted octanol–water partition coefficient (Wildman–Crippen LogP) is 2.19. The van der Waals surface area contributed by atoms with E-state index in [1.807, 2.05) is 0 Å². The molecule has 2 saturated heterocycles. The molecule has 4 atom stereocenters. The number of carbonyl (C=O) groups excluding carboxylic acids is 2. The van der Waals surface area contributed by atoms with Crippen LogP contribution in [0, 0.1) is 0 Å². The van der Waals surface area contributed by atoms with Gasteiger partial charge in [-0.1, -0.05) is 19.3 Å². The third-order valence-corrected chi connectivity index (χ3v) is 5.73. The number of rotatable bonds is 5. The van der Waals surface area contributed by atoms with Gasteiger partial charge in [0, 0.05) is 18.7 Å². The van der Waals surface area contributed by atoms with Crippen LogP contribution in [0.15, 0.2) is 24.3 Å². The Labute approximate surface area is 170 Å². The normalized spacial score (nSPS) is 29.1. The lowest BCUT2D eigenvalue weighted by molar-refractivity contribution is -0.114. The third kappa shape index (κ3) is 5.00.